The number of carbonyl (C=O) groups excluding carboxylic acids is 1. The van der Waals surface area contributed by atoms with E-state index in [0.717, 1.165) is 22.7 Å². The SMILES string of the molecule is Cc1cc(/C=N/NC(N)=O)c(C)n1Cc1ccco1. The highest BCUT2D eigenvalue weighted by Gasteiger charge is 2.09. The summed E-state index contributed by atoms with van der Waals surface area (Å²) in [6, 6.07) is 5.11. The molecule has 3 N–H and O–H groups in total. The van der Waals surface area contributed by atoms with Crippen molar-refractivity contribution >= 4 is 12.2 Å². The topological polar surface area (TPSA) is 85.5 Å². The first-order chi connectivity index (χ1) is 9.08. The number of hydrazone groups is 1. The highest BCUT2D eigenvalue weighted by Crippen LogP contribution is 2.15. The fourth-order valence-electron chi connectivity index (χ4n) is 1.93. The molecule has 2 amide bonds. The van der Waals surface area contributed by atoms with E-state index in [1.807, 2.05) is 32.0 Å². The van der Waals surface area contributed by atoms with E-state index in [9.17, 15) is 4.79 Å². The third kappa shape index (κ3) is 3.04. The second-order valence-electron chi connectivity index (χ2n) is 4.23. The van der Waals surface area contributed by atoms with Crippen molar-refractivity contribution in [2.24, 2.45) is 10.8 Å². The fourth-order valence-corrected chi connectivity index (χ4v) is 1.93. The van der Waals surface area contributed by atoms with Crippen molar-refractivity contribution in [1.82, 2.24) is 9.99 Å². The fraction of sp³-hybridized carbons (Fsp3) is 0.231. The average molecular weight is 260 g/mol. The molecule has 0 aliphatic carbocycles. The van der Waals surface area contributed by atoms with Crippen LogP contribution in [0.25, 0.3) is 0 Å². The molecule has 2 heterocycles. The molecule has 2 aromatic rings. The van der Waals surface area contributed by atoms with Crippen LogP contribution in [0, 0.1) is 13.8 Å². The first-order valence-corrected chi connectivity index (χ1v) is 5.85. The molecular weight excluding hydrogens is 244 g/mol. The summed E-state index contributed by atoms with van der Waals surface area (Å²) in [4.78, 5) is 10.5. The van der Waals surface area contributed by atoms with Crippen molar-refractivity contribution in [2.75, 3.05) is 0 Å². The Morgan fingerprint density at radius 2 is 2.37 bits per heavy atom. The highest BCUT2D eigenvalue weighted by molar-refractivity contribution is 5.83. The average Bonchev–Trinajstić information content (AvgIpc) is 2.93. The van der Waals surface area contributed by atoms with Crippen molar-refractivity contribution in [3.05, 3.63) is 47.2 Å². The normalized spacial score (nSPS) is 11.1. The van der Waals surface area contributed by atoms with Gasteiger partial charge in [0, 0.05) is 17.0 Å². The number of furan rings is 1. The minimum atomic E-state index is -0.680. The van der Waals surface area contributed by atoms with Gasteiger partial charge in [0.15, 0.2) is 0 Å². The summed E-state index contributed by atoms with van der Waals surface area (Å²) in [6.07, 6.45) is 3.23. The molecular formula is C13H16N4O2. The van der Waals surface area contributed by atoms with E-state index in [2.05, 4.69) is 15.1 Å². The largest absolute Gasteiger partial charge is 0.467 e. The number of rotatable bonds is 4. The van der Waals surface area contributed by atoms with E-state index in [0.29, 0.717) is 6.54 Å². The van der Waals surface area contributed by atoms with Gasteiger partial charge in [-0.25, -0.2) is 10.2 Å². The van der Waals surface area contributed by atoms with Crippen LogP contribution in [0.3, 0.4) is 0 Å². The van der Waals surface area contributed by atoms with Crippen LogP contribution >= 0.6 is 0 Å². The van der Waals surface area contributed by atoms with Gasteiger partial charge in [-0.1, -0.05) is 0 Å². The van der Waals surface area contributed by atoms with Gasteiger partial charge in [0.1, 0.15) is 5.76 Å². The Labute approximate surface area is 110 Å². The van der Waals surface area contributed by atoms with E-state index in [4.69, 9.17) is 10.2 Å². The molecule has 0 fully saturated rings. The molecule has 6 heteroatoms. The Hall–Kier alpha value is -2.50. The van der Waals surface area contributed by atoms with Crippen LogP contribution in [0.2, 0.25) is 0 Å². The van der Waals surface area contributed by atoms with Crippen molar-refractivity contribution in [3.63, 3.8) is 0 Å². The van der Waals surface area contributed by atoms with Crippen LogP contribution in [-0.2, 0) is 6.54 Å². The molecule has 0 spiro atoms. The van der Waals surface area contributed by atoms with Crippen molar-refractivity contribution < 1.29 is 9.21 Å². The number of nitrogens with two attached hydrogens (primary N) is 1. The standard InChI is InChI=1S/C13H16N4O2/c1-9-6-11(7-15-16-13(14)18)10(2)17(9)8-12-4-3-5-19-12/h3-7H,8H2,1-2H3,(H3,14,16,18)/b15-7+. The molecule has 0 aromatic carbocycles. The van der Waals surface area contributed by atoms with Crippen molar-refractivity contribution in [2.45, 2.75) is 20.4 Å². The van der Waals surface area contributed by atoms with Crippen molar-refractivity contribution in [3.8, 4) is 0 Å². The molecule has 0 radical (unpaired) electrons. The maximum Gasteiger partial charge on any atom is 0.332 e. The molecule has 6 nitrogen and oxygen atoms in total. The number of aromatic nitrogens is 1. The molecule has 0 saturated heterocycles. The van der Waals surface area contributed by atoms with Gasteiger partial charge in [0.25, 0.3) is 0 Å². The Morgan fingerprint density at radius 3 is 3.00 bits per heavy atom. The lowest BCUT2D eigenvalue weighted by Gasteiger charge is -2.06. The summed E-state index contributed by atoms with van der Waals surface area (Å²) in [6.45, 7) is 4.66. The zero-order valence-corrected chi connectivity index (χ0v) is 10.9. The molecule has 0 bridgehead atoms. The van der Waals surface area contributed by atoms with Gasteiger partial charge in [-0.05, 0) is 32.0 Å². The van der Waals surface area contributed by atoms with E-state index in [1.54, 1.807) is 12.5 Å². The summed E-state index contributed by atoms with van der Waals surface area (Å²) < 4.78 is 7.46. The smallest absolute Gasteiger partial charge is 0.332 e. The van der Waals surface area contributed by atoms with Crippen LogP contribution in [0.4, 0.5) is 4.79 Å². The second kappa shape index (κ2) is 5.43. The monoisotopic (exact) mass is 260 g/mol. The number of nitrogens with one attached hydrogen (secondary N) is 1. The second-order valence-corrected chi connectivity index (χ2v) is 4.23. The molecule has 0 saturated carbocycles. The molecule has 19 heavy (non-hydrogen) atoms. The number of carbonyl (C=O) groups is 1. The predicted octanol–water partition coefficient (Wildman–Crippen LogP) is 1.75. The number of hydrogen-bond donors (Lipinski definition) is 2. The lowest BCUT2D eigenvalue weighted by atomic mass is 10.3. The number of urea groups is 1. The zero-order valence-electron chi connectivity index (χ0n) is 10.9. The van der Waals surface area contributed by atoms with Gasteiger partial charge < -0.3 is 14.7 Å². The number of hydrogen-bond acceptors (Lipinski definition) is 3. The maximum absolute atomic E-state index is 10.5. The summed E-state index contributed by atoms with van der Waals surface area (Å²) in [5.41, 5.74) is 10.2. The maximum atomic E-state index is 10.5. The zero-order chi connectivity index (χ0) is 13.8. The first-order valence-electron chi connectivity index (χ1n) is 5.85. The minimum absolute atomic E-state index is 0.668. The molecule has 0 atom stereocenters. The van der Waals surface area contributed by atoms with Gasteiger partial charge in [0.05, 0.1) is 19.0 Å². The summed E-state index contributed by atoms with van der Waals surface area (Å²) >= 11 is 0. The van der Waals surface area contributed by atoms with Crippen LogP contribution in [0.1, 0.15) is 22.7 Å². The van der Waals surface area contributed by atoms with Crippen LogP contribution in [0.15, 0.2) is 34.0 Å². The number of primary amides is 1. The molecule has 2 rings (SSSR count). The van der Waals surface area contributed by atoms with Crippen LogP contribution < -0.4 is 11.2 Å². The first kappa shape index (κ1) is 12.9. The van der Waals surface area contributed by atoms with Crippen LogP contribution in [-0.4, -0.2) is 16.8 Å². The van der Waals surface area contributed by atoms with Gasteiger partial charge in [-0.15, -0.1) is 0 Å². The van der Waals surface area contributed by atoms with E-state index >= 15 is 0 Å². The highest BCUT2D eigenvalue weighted by atomic mass is 16.3. The van der Waals surface area contributed by atoms with E-state index in [-0.39, 0.29) is 0 Å². The minimum Gasteiger partial charge on any atom is -0.467 e. The Balaban J connectivity index is 2.19. The number of nitrogens with zero attached hydrogens (tertiary/aromatic N) is 2. The molecule has 0 unspecified atom stereocenters. The van der Waals surface area contributed by atoms with Gasteiger partial charge >= 0.3 is 6.03 Å². The lowest BCUT2D eigenvalue weighted by Crippen LogP contribution is -2.24. The van der Waals surface area contributed by atoms with Gasteiger partial charge in [-0.3, -0.25) is 0 Å². The third-order valence-electron chi connectivity index (χ3n) is 2.89. The Kier molecular flexibility index (Phi) is 3.70. The van der Waals surface area contributed by atoms with E-state index in [1.165, 1.54) is 0 Å². The molecule has 100 valence electrons. The summed E-state index contributed by atoms with van der Waals surface area (Å²) in [5, 5.41) is 3.77. The summed E-state index contributed by atoms with van der Waals surface area (Å²) in [7, 11) is 0. The van der Waals surface area contributed by atoms with E-state index < -0.39 is 6.03 Å². The quantitative estimate of drug-likeness (QED) is 0.648. The predicted molar refractivity (Wildman–Crippen MR) is 72.0 cm³/mol. The summed E-state index contributed by atoms with van der Waals surface area (Å²) in [5.74, 6) is 0.889. The number of aryl methyl sites for hydroxylation is 1. The van der Waals surface area contributed by atoms with Crippen LogP contribution in [0.5, 0.6) is 0 Å². The molecule has 0 aliphatic heterocycles. The molecule has 0 aliphatic rings. The number of amides is 2. The Bertz CT molecular complexity index is 596. The third-order valence-corrected chi connectivity index (χ3v) is 2.89. The Morgan fingerprint density at radius 1 is 1.58 bits per heavy atom. The lowest BCUT2D eigenvalue weighted by molar-refractivity contribution is 0.249. The van der Waals surface area contributed by atoms with Crippen molar-refractivity contribution in [1.29, 1.82) is 0 Å². The van der Waals surface area contributed by atoms with Gasteiger partial charge in [-0.2, -0.15) is 5.10 Å². The van der Waals surface area contributed by atoms with Gasteiger partial charge in [0.2, 0.25) is 0 Å². The molecule has 2 aromatic heterocycles.